The summed E-state index contributed by atoms with van der Waals surface area (Å²) in [5, 5.41) is 8.79. The number of methoxy groups -OCH3 is 1. The van der Waals surface area contributed by atoms with Crippen LogP contribution in [0.5, 0.6) is 5.75 Å². The monoisotopic (exact) mass is 385 g/mol. The highest BCUT2D eigenvalue weighted by Gasteiger charge is 2.20. The van der Waals surface area contributed by atoms with Crippen molar-refractivity contribution >= 4 is 34.4 Å². The molecule has 1 aliphatic heterocycles. The van der Waals surface area contributed by atoms with Crippen molar-refractivity contribution in [3.8, 4) is 5.75 Å². The lowest BCUT2D eigenvalue weighted by molar-refractivity contribution is -0.938. The SMILES string of the molecule is COc1ccccc1Nc1nn(C[NH+]2CCc3ccccc3C2)c(=S)s1. The minimum atomic E-state index is 0.786. The summed E-state index contributed by atoms with van der Waals surface area (Å²) in [6.07, 6.45) is 1.11. The molecule has 0 spiro atoms. The normalized spacial score (nSPS) is 16.1. The van der Waals surface area contributed by atoms with Crippen molar-refractivity contribution in [2.75, 3.05) is 19.0 Å². The van der Waals surface area contributed by atoms with Gasteiger partial charge in [0, 0.05) is 12.0 Å². The molecule has 26 heavy (non-hydrogen) atoms. The maximum Gasteiger partial charge on any atom is 0.209 e. The van der Waals surface area contributed by atoms with Crippen molar-refractivity contribution in [1.29, 1.82) is 0 Å². The van der Waals surface area contributed by atoms with E-state index in [1.165, 1.54) is 27.4 Å². The van der Waals surface area contributed by atoms with Crippen LogP contribution in [0.1, 0.15) is 11.1 Å². The van der Waals surface area contributed by atoms with E-state index in [0.29, 0.717) is 0 Å². The summed E-state index contributed by atoms with van der Waals surface area (Å²) in [4.78, 5) is 1.48. The Morgan fingerprint density at radius 2 is 1.96 bits per heavy atom. The van der Waals surface area contributed by atoms with Gasteiger partial charge in [-0.3, -0.25) is 0 Å². The largest absolute Gasteiger partial charge is 0.495 e. The van der Waals surface area contributed by atoms with E-state index in [4.69, 9.17) is 17.0 Å². The number of quaternary nitrogens is 1. The first-order chi connectivity index (χ1) is 12.7. The molecular formula is C19H21N4OS2+. The summed E-state index contributed by atoms with van der Waals surface area (Å²) in [5.41, 5.74) is 3.80. The molecule has 2 N–H and O–H groups in total. The average molecular weight is 386 g/mol. The second-order valence-electron chi connectivity index (χ2n) is 6.35. The molecule has 0 fully saturated rings. The molecule has 0 amide bonds. The van der Waals surface area contributed by atoms with Crippen LogP contribution in [0.3, 0.4) is 0 Å². The molecule has 0 bridgehead atoms. The van der Waals surface area contributed by atoms with Gasteiger partial charge in [0.25, 0.3) is 0 Å². The number of nitrogens with one attached hydrogen (secondary N) is 2. The zero-order valence-electron chi connectivity index (χ0n) is 14.6. The topological polar surface area (TPSA) is 43.5 Å². The molecule has 0 saturated carbocycles. The number of anilines is 2. The minimum absolute atomic E-state index is 0.786. The van der Waals surface area contributed by atoms with Crippen molar-refractivity contribution < 1.29 is 9.64 Å². The quantitative estimate of drug-likeness (QED) is 0.663. The van der Waals surface area contributed by atoms with E-state index >= 15 is 0 Å². The molecule has 0 saturated heterocycles. The third kappa shape index (κ3) is 3.65. The summed E-state index contributed by atoms with van der Waals surface area (Å²) in [5.74, 6) is 0.790. The number of hydrogen-bond acceptors (Lipinski definition) is 5. The van der Waals surface area contributed by atoms with E-state index in [1.54, 1.807) is 7.11 Å². The molecule has 1 atom stereocenters. The second kappa shape index (κ2) is 7.57. The minimum Gasteiger partial charge on any atom is -0.495 e. The van der Waals surface area contributed by atoms with Crippen molar-refractivity contribution in [2.45, 2.75) is 19.6 Å². The van der Waals surface area contributed by atoms with Crippen molar-refractivity contribution in [2.24, 2.45) is 0 Å². The summed E-state index contributed by atoms with van der Waals surface area (Å²) >= 11 is 7.02. The highest BCUT2D eigenvalue weighted by atomic mass is 32.1. The second-order valence-corrected chi connectivity index (χ2v) is 7.97. The molecule has 1 aromatic heterocycles. The first-order valence-corrected chi connectivity index (χ1v) is 9.84. The Labute approximate surface area is 161 Å². The number of para-hydroxylation sites is 2. The lowest BCUT2D eigenvalue weighted by atomic mass is 10.0. The molecule has 0 radical (unpaired) electrons. The van der Waals surface area contributed by atoms with E-state index in [-0.39, 0.29) is 0 Å². The van der Waals surface area contributed by atoms with Gasteiger partial charge in [0.15, 0.2) is 10.6 Å². The lowest BCUT2D eigenvalue weighted by Crippen LogP contribution is -3.11. The van der Waals surface area contributed by atoms with Crippen LogP contribution < -0.4 is 15.0 Å². The van der Waals surface area contributed by atoms with Crippen LogP contribution >= 0.6 is 23.6 Å². The average Bonchev–Trinajstić information content (AvgIpc) is 3.01. The third-order valence-electron chi connectivity index (χ3n) is 4.63. The smallest absolute Gasteiger partial charge is 0.209 e. The van der Waals surface area contributed by atoms with E-state index in [9.17, 15) is 0 Å². The molecule has 5 nitrogen and oxygen atoms in total. The molecule has 7 heteroatoms. The van der Waals surface area contributed by atoms with Gasteiger partial charge in [-0.1, -0.05) is 47.7 Å². The van der Waals surface area contributed by atoms with E-state index in [2.05, 4.69) is 34.7 Å². The number of fused-ring (bicyclic) bond motifs is 1. The molecule has 2 heterocycles. The lowest BCUT2D eigenvalue weighted by Gasteiger charge is -2.25. The Kier molecular flexibility index (Phi) is 5.01. The standard InChI is InChI=1S/C19H20N4OS2/c1-24-17-9-5-4-8-16(17)20-18-21-23(19(25)26-18)13-22-11-10-14-6-2-3-7-15(14)12-22/h2-9H,10-13H2,1H3,(H,20,21)/p+1. The zero-order chi connectivity index (χ0) is 17.9. The number of benzene rings is 2. The predicted octanol–water partition coefficient (Wildman–Crippen LogP) is 3.02. The van der Waals surface area contributed by atoms with Crippen LogP contribution in [0.2, 0.25) is 0 Å². The van der Waals surface area contributed by atoms with Crippen LogP contribution in [0, 0.1) is 3.95 Å². The van der Waals surface area contributed by atoms with Gasteiger partial charge in [0.2, 0.25) is 5.13 Å². The Hall–Kier alpha value is -2.22. The first-order valence-electron chi connectivity index (χ1n) is 8.61. The summed E-state index contributed by atoms with van der Waals surface area (Å²) in [6.45, 7) is 2.91. The van der Waals surface area contributed by atoms with Gasteiger partial charge >= 0.3 is 0 Å². The Morgan fingerprint density at radius 1 is 1.19 bits per heavy atom. The summed E-state index contributed by atoms with van der Waals surface area (Å²) in [7, 11) is 1.67. The fourth-order valence-electron chi connectivity index (χ4n) is 3.31. The Morgan fingerprint density at radius 3 is 2.81 bits per heavy atom. The van der Waals surface area contributed by atoms with Gasteiger partial charge in [0.05, 0.1) is 19.3 Å². The highest BCUT2D eigenvalue weighted by molar-refractivity contribution is 7.73. The summed E-state index contributed by atoms with van der Waals surface area (Å²) < 4.78 is 8.10. The van der Waals surface area contributed by atoms with Crippen molar-refractivity contribution in [3.63, 3.8) is 0 Å². The molecule has 4 rings (SSSR count). The van der Waals surface area contributed by atoms with Gasteiger partial charge in [-0.2, -0.15) is 4.68 Å². The van der Waals surface area contributed by atoms with Crippen LogP contribution in [0.4, 0.5) is 10.8 Å². The number of aromatic nitrogens is 2. The van der Waals surface area contributed by atoms with Crippen molar-refractivity contribution in [1.82, 2.24) is 9.78 Å². The summed E-state index contributed by atoms with van der Waals surface area (Å²) in [6, 6.07) is 16.5. The molecule has 2 aromatic carbocycles. The van der Waals surface area contributed by atoms with E-state index < -0.39 is 0 Å². The van der Waals surface area contributed by atoms with Gasteiger partial charge in [-0.05, 0) is 29.9 Å². The molecule has 0 aliphatic carbocycles. The van der Waals surface area contributed by atoms with Gasteiger partial charge in [-0.25, -0.2) is 0 Å². The Bertz CT molecular complexity index is 966. The number of hydrogen-bond donors (Lipinski definition) is 2. The van der Waals surface area contributed by atoms with Crippen LogP contribution in [0.25, 0.3) is 0 Å². The van der Waals surface area contributed by atoms with Crippen LogP contribution in [0.15, 0.2) is 48.5 Å². The fourth-order valence-corrected chi connectivity index (χ4v) is 4.33. The Balaban J connectivity index is 1.48. The molecule has 134 valence electrons. The molecular weight excluding hydrogens is 364 g/mol. The number of nitrogens with zero attached hydrogens (tertiary/aromatic N) is 2. The zero-order valence-corrected chi connectivity index (χ0v) is 16.2. The van der Waals surface area contributed by atoms with E-state index in [0.717, 1.165) is 46.7 Å². The van der Waals surface area contributed by atoms with Crippen molar-refractivity contribution in [3.05, 3.63) is 63.6 Å². The number of ether oxygens (including phenoxy) is 1. The maximum atomic E-state index is 5.53. The molecule has 1 aliphatic rings. The molecule has 3 aromatic rings. The van der Waals surface area contributed by atoms with Crippen LogP contribution in [-0.4, -0.2) is 23.4 Å². The first kappa shape index (κ1) is 17.2. The van der Waals surface area contributed by atoms with E-state index in [1.807, 2.05) is 28.9 Å². The maximum absolute atomic E-state index is 5.53. The van der Waals surface area contributed by atoms with Crippen LogP contribution in [-0.2, 0) is 19.6 Å². The fraction of sp³-hybridized carbons (Fsp3) is 0.263. The third-order valence-corrected chi connectivity index (χ3v) is 5.86. The van der Waals surface area contributed by atoms with Gasteiger partial charge < -0.3 is 15.0 Å². The predicted molar refractivity (Wildman–Crippen MR) is 107 cm³/mol. The van der Waals surface area contributed by atoms with Gasteiger partial charge in [0.1, 0.15) is 12.3 Å². The highest BCUT2D eigenvalue weighted by Crippen LogP contribution is 2.28. The molecule has 1 unspecified atom stereocenters. The number of rotatable bonds is 5. The van der Waals surface area contributed by atoms with Gasteiger partial charge in [-0.15, -0.1) is 5.10 Å².